The van der Waals surface area contributed by atoms with Crippen molar-refractivity contribution in [2.24, 2.45) is 0 Å². The van der Waals surface area contributed by atoms with Gasteiger partial charge in [-0.05, 0) is 42.9 Å². The van der Waals surface area contributed by atoms with Crippen LogP contribution in [0.4, 0.5) is 0 Å². The smallest absolute Gasteiger partial charge is 0.264 e. The van der Waals surface area contributed by atoms with Crippen molar-refractivity contribution in [1.29, 1.82) is 0 Å². The lowest BCUT2D eigenvalue weighted by Crippen LogP contribution is -2.49. The molecule has 2 aromatic carbocycles. The highest BCUT2D eigenvalue weighted by molar-refractivity contribution is 9.10. The van der Waals surface area contributed by atoms with Crippen LogP contribution in [0.1, 0.15) is 22.8 Å². The van der Waals surface area contributed by atoms with Crippen LogP contribution in [0, 0.1) is 0 Å². The summed E-state index contributed by atoms with van der Waals surface area (Å²) in [7, 11) is 0. The van der Waals surface area contributed by atoms with Crippen LogP contribution in [0.2, 0.25) is 0 Å². The summed E-state index contributed by atoms with van der Waals surface area (Å²) in [5, 5.41) is 2.46. The first kappa shape index (κ1) is 22.8. The van der Waals surface area contributed by atoms with Gasteiger partial charge in [-0.2, -0.15) is 0 Å². The number of halogens is 1. The molecular weight excluding hydrogens is 458 g/mol. The fraction of sp³-hybridized carbons (Fsp3) is 0.250. The number of amides is 2. The fourth-order valence-corrected chi connectivity index (χ4v) is 2.79. The predicted octanol–water partition coefficient (Wildman–Crippen LogP) is 2.74. The summed E-state index contributed by atoms with van der Waals surface area (Å²) >= 11 is 8.39. The van der Waals surface area contributed by atoms with Crippen molar-refractivity contribution in [1.82, 2.24) is 16.2 Å². The van der Waals surface area contributed by atoms with Crippen molar-refractivity contribution < 1.29 is 19.1 Å². The SMILES string of the molecule is CCOCC(=O)NNC(=S)NC(=O)c1cc(Br)ccc1OCCc1ccccc1. The third-order valence-electron chi connectivity index (χ3n) is 3.66. The second kappa shape index (κ2) is 12.2. The van der Waals surface area contributed by atoms with E-state index in [0.29, 0.717) is 30.9 Å². The number of carbonyl (C=O) groups is 2. The summed E-state index contributed by atoms with van der Waals surface area (Å²) in [4.78, 5) is 24.1. The summed E-state index contributed by atoms with van der Waals surface area (Å²) in [5.41, 5.74) is 6.26. The number of nitrogens with one attached hydrogen (secondary N) is 3. The molecule has 2 aromatic rings. The Hall–Kier alpha value is -2.49. The molecule has 0 aliphatic rings. The standard InChI is InChI=1S/C20H22BrN3O4S/c1-2-27-13-18(25)23-24-20(29)22-19(26)16-12-15(21)8-9-17(16)28-11-10-14-6-4-3-5-7-14/h3-9,12H,2,10-11,13H2,1H3,(H,23,25)(H2,22,24,26,29). The molecule has 0 aromatic heterocycles. The van der Waals surface area contributed by atoms with Gasteiger partial charge in [0.15, 0.2) is 5.11 Å². The Morgan fingerprint density at radius 3 is 2.59 bits per heavy atom. The molecule has 0 bridgehead atoms. The molecule has 0 saturated carbocycles. The number of thiocarbonyl (C=S) groups is 1. The van der Waals surface area contributed by atoms with Gasteiger partial charge < -0.3 is 9.47 Å². The van der Waals surface area contributed by atoms with E-state index in [1.165, 1.54) is 0 Å². The van der Waals surface area contributed by atoms with Gasteiger partial charge in [0.05, 0.1) is 12.2 Å². The van der Waals surface area contributed by atoms with Gasteiger partial charge >= 0.3 is 0 Å². The van der Waals surface area contributed by atoms with E-state index in [-0.39, 0.29) is 11.7 Å². The topological polar surface area (TPSA) is 88.7 Å². The summed E-state index contributed by atoms with van der Waals surface area (Å²) in [6, 6.07) is 15.1. The molecule has 0 aliphatic heterocycles. The maximum atomic E-state index is 12.6. The van der Waals surface area contributed by atoms with Crippen LogP contribution in [-0.4, -0.2) is 36.7 Å². The second-order valence-electron chi connectivity index (χ2n) is 5.82. The Morgan fingerprint density at radius 1 is 1.10 bits per heavy atom. The van der Waals surface area contributed by atoms with E-state index >= 15 is 0 Å². The third-order valence-corrected chi connectivity index (χ3v) is 4.35. The molecule has 0 atom stereocenters. The number of rotatable bonds is 8. The molecule has 0 heterocycles. The molecule has 0 fully saturated rings. The number of hydrogen-bond donors (Lipinski definition) is 3. The molecule has 0 radical (unpaired) electrons. The quantitative estimate of drug-likeness (QED) is 0.398. The van der Waals surface area contributed by atoms with Gasteiger partial charge in [-0.3, -0.25) is 25.8 Å². The summed E-state index contributed by atoms with van der Waals surface area (Å²) < 4.78 is 11.5. The average molecular weight is 480 g/mol. The number of benzene rings is 2. The molecule has 0 saturated heterocycles. The van der Waals surface area contributed by atoms with Crippen molar-refractivity contribution in [2.75, 3.05) is 19.8 Å². The van der Waals surface area contributed by atoms with Crippen molar-refractivity contribution in [2.45, 2.75) is 13.3 Å². The molecular formula is C20H22BrN3O4S. The number of ether oxygens (including phenoxy) is 2. The molecule has 2 amide bonds. The van der Waals surface area contributed by atoms with Crippen LogP contribution in [0.25, 0.3) is 0 Å². The summed E-state index contributed by atoms with van der Waals surface area (Å²) in [5.74, 6) is -0.432. The maximum absolute atomic E-state index is 12.6. The van der Waals surface area contributed by atoms with E-state index in [1.807, 2.05) is 30.3 Å². The van der Waals surface area contributed by atoms with Crippen molar-refractivity contribution in [3.05, 3.63) is 64.1 Å². The van der Waals surface area contributed by atoms with E-state index in [2.05, 4.69) is 32.1 Å². The first-order valence-electron chi connectivity index (χ1n) is 8.93. The van der Waals surface area contributed by atoms with Crippen LogP contribution in [0.3, 0.4) is 0 Å². The van der Waals surface area contributed by atoms with Crippen LogP contribution in [0.5, 0.6) is 5.75 Å². The van der Waals surface area contributed by atoms with Gasteiger partial charge in [0.2, 0.25) is 0 Å². The molecule has 29 heavy (non-hydrogen) atoms. The fourth-order valence-electron chi connectivity index (χ4n) is 2.29. The van der Waals surface area contributed by atoms with Crippen LogP contribution < -0.4 is 20.9 Å². The van der Waals surface area contributed by atoms with E-state index in [4.69, 9.17) is 21.7 Å². The zero-order valence-corrected chi connectivity index (χ0v) is 18.3. The maximum Gasteiger partial charge on any atom is 0.264 e. The molecule has 0 aliphatic carbocycles. The zero-order chi connectivity index (χ0) is 21.1. The van der Waals surface area contributed by atoms with Gasteiger partial charge in [-0.1, -0.05) is 46.3 Å². The molecule has 2 rings (SSSR count). The molecule has 3 N–H and O–H groups in total. The number of carbonyl (C=O) groups excluding carboxylic acids is 2. The highest BCUT2D eigenvalue weighted by Gasteiger charge is 2.15. The monoisotopic (exact) mass is 479 g/mol. The van der Waals surface area contributed by atoms with Gasteiger partial charge in [-0.25, -0.2) is 0 Å². The minimum Gasteiger partial charge on any atom is -0.492 e. The van der Waals surface area contributed by atoms with Crippen LogP contribution in [-0.2, 0) is 16.0 Å². The Kier molecular flexibility index (Phi) is 9.55. The highest BCUT2D eigenvalue weighted by atomic mass is 79.9. The summed E-state index contributed by atoms with van der Waals surface area (Å²) in [6.07, 6.45) is 0.712. The predicted molar refractivity (Wildman–Crippen MR) is 118 cm³/mol. The zero-order valence-electron chi connectivity index (χ0n) is 15.9. The lowest BCUT2D eigenvalue weighted by Gasteiger charge is -2.14. The number of hydrogen-bond acceptors (Lipinski definition) is 5. The van der Waals surface area contributed by atoms with Crippen LogP contribution in [0.15, 0.2) is 53.0 Å². The Balaban J connectivity index is 1.92. The van der Waals surface area contributed by atoms with E-state index in [1.54, 1.807) is 25.1 Å². The van der Waals surface area contributed by atoms with Crippen molar-refractivity contribution in [3.63, 3.8) is 0 Å². The van der Waals surface area contributed by atoms with Gasteiger partial charge in [0, 0.05) is 17.5 Å². The highest BCUT2D eigenvalue weighted by Crippen LogP contribution is 2.23. The lowest BCUT2D eigenvalue weighted by atomic mass is 10.1. The minimum absolute atomic E-state index is 0.0462. The van der Waals surface area contributed by atoms with Crippen molar-refractivity contribution >= 4 is 45.1 Å². The second-order valence-corrected chi connectivity index (χ2v) is 7.14. The van der Waals surface area contributed by atoms with Gasteiger partial charge in [0.25, 0.3) is 11.8 Å². The van der Waals surface area contributed by atoms with E-state index in [0.717, 1.165) is 10.0 Å². The Morgan fingerprint density at radius 2 is 1.86 bits per heavy atom. The Labute approximate surface area is 183 Å². The first-order valence-corrected chi connectivity index (χ1v) is 10.1. The minimum atomic E-state index is -0.461. The summed E-state index contributed by atoms with van der Waals surface area (Å²) in [6.45, 7) is 2.51. The van der Waals surface area contributed by atoms with E-state index < -0.39 is 11.8 Å². The first-order chi connectivity index (χ1) is 14.0. The molecule has 0 spiro atoms. The van der Waals surface area contributed by atoms with E-state index in [9.17, 15) is 9.59 Å². The van der Waals surface area contributed by atoms with Crippen molar-refractivity contribution in [3.8, 4) is 5.75 Å². The van der Waals surface area contributed by atoms with Gasteiger partial charge in [0.1, 0.15) is 12.4 Å². The average Bonchev–Trinajstić information content (AvgIpc) is 2.72. The Bertz CT molecular complexity index is 849. The molecule has 154 valence electrons. The largest absolute Gasteiger partial charge is 0.492 e. The van der Waals surface area contributed by atoms with Crippen LogP contribution >= 0.6 is 28.1 Å². The normalized spacial score (nSPS) is 10.1. The number of hydrazine groups is 1. The third kappa shape index (κ3) is 8.18. The molecule has 7 nitrogen and oxygen atoms in total. The molecule has 9 heteroatoms. The van der Waals surface area contributed by atoms with Gasteiger partial charge in [-0.15, -0.1) is 0 Å². The molecule has 0 unspecified atom stereocenters. The lowest BCUT2D eigenvalue weighted by molar-refractivity contribution is -0.126.